The minimum absolute atomic E-state index is 0.131. The van der Waals surface area contributed by atoms with E-state index in [0.29, 0.717) is 16.7 Å². The summed E-state index contributed by atoms with van der Waals surface area (Å²) in [5, 5.41) is 2.88. The molecular formula is C11H15N3O. The number of nitrogens with one attached hydrogen (secondary N) is 1. The molecule has 1 fully saturated rings. The van der Waals surface area contributed by atoms with Gasteiger partial charge in [0.2, 0.25) is 0 Å². The van der Waals surface area contributed by atoms with Crippen LogP contribution >= 0.6 is 0 Å². The van der Waals surface area contributed by atoms with Crippen LogP contribution in [0.5, 0.6) is 0 Å². The van der Waals surface area contributed by atoms with Crippen molar-refractivity contribution in [2.75, 3.05) is 12.3 Å². The average Bonchev–Trinajstić information content (AvgIpc) is 2.95. The Morgan fingerprint density at radius 2 is 2.40 bits per heavy atom. The van der Waals surface area contributed by atoms with Gasteiger partial charge >= 0.3 is 0 Å². The zero-order chi connectivity index (χ0) is 10.9. The monoisotopic (exact) mass is 205 g/mol. The first-order valence-corrected chi connectivity index (χ1v) is 5.08. The Balaban J connectivity index is 1.99. The predicted molar refractivity (Wildman–Crippen MR) is 58.3 cm³/mol. The summed E-state index contributed by atoms with van der Waals surface area (Å²) in [4.78, 5) is 15.6. The van der Waals surface area contributed by atoms with Crippen LogP contribution in [0.15, 0.2) is 18.5 Å². The molecule has 1 aromatic rings. The lowest BCUT2D eigenvalue weighted by molar-refractivity contribution is 0.0946. The molecule has 0 unspecified atom stereocenters. The Labute approximate surface area is 88.9 Å². The van der Waals surface area contributed by atoms with Crippen LogP contribution in [0.4, 0.5) is 5.69 Å². The second-order valence-electron chi connectivity index (χ2n) is 4.46. The van der Waals surface area contributed by atoms with E-state index in [4.69, 9.17) is 5.73 Å². The quantitative estimate of drug-likeness (QED) is 0.779. The minimum Gasteiger partial charge on any atom is -0.398 e. The number of pyridine rings is 1. The highest BCUT2D eigenvalue weighted by Crippen LogP contribution is 2.44. The molecule has 1 amide bonds. The van der Waals surface area contributed by atoms with Gasteiger partial charge in [0.1, 0.15) is 0 Å². The van der Waals surface area contributed by atoms with Gasteiger partial charge in [0.25, 0.3) is 5.91 Å². The molecule has 2 rings (SSSR count). The summed E-state index contributed by atoms with van der Waals surface area (Å²) in [5.74, 6) is -0.131. The van der Waals surface area contributed by atoms with E-state index in [9.17, 15) is 4.79 Å². The van der Waals surface area contributed by atoms with E-state index in [0.717, 1.165) is 6.54 Å². The summed E-state index contributed by atoms with van der Waals surface area (Å²) in [7, 11) is 0. The fourth-order valence-electron chi connectivity index (χ4n) is 1.37. The van der Waals surface area contributed by atoms with Crippen LogP contribution in [0.25, 0.3) is 0 Å². The van der Waals surface area contributed by atoms with E-state index >= 15 is 0 Å². The molecule has 15 heavy (non-hydrogen) atoms. The van der Waals surface area contributed by atoms with Crippen molar-refractivity contribution in [3.05, 3.63) is 24.0 Å². The molecule has 0 radical (unpaired) electrons. The third-order valence-electron chi connectivity index (χ3n) is 2.88. The third kappa shape index (κ3) is 2.26. The minimum atomic E-state index is -0.131. The lowest BCUT2D eigenvalue weighted by atomic mass is 10.1. The smallest absolute Gasteiger partial charge is 0.254 e. The highest BCUT2D eigenvalue weighted by Gasteiger charge is 2.37. The lowest BCUT2D eigenvalue weighted by Crippen LogP contribution is -2.29. The Morgan fingerprint density at radius 1 is 1.67 bits per heavy atom. The summed E-state index contributed by atoms with van der Waals surface area (Å²) in [6, 6.07) is 1.63. The van der Waals surface area contributed by atoms with Crippen molar-refractivity contribution in [1.29, 1.82) is 0 Å². The fourth-order valence-corrected chi connectivity index (χ4v) is 1.37. The number of nitrogens with two attached hydrogens (primary N) is 1. The Morgan fingerprint density at radius 3 is 3.00 bits per heavy atom. The van der Waals surface area contributed by atoms with Crippen molar-refractivity contribution in [3.63, 3.8) is 0 Å². The van der Waals surface area contributed by atoms with Gasteiger partial charge < -0.3 is 11.1 Å². The molecule has 1 aliphatic rings. The highest BCUT2D eigenvalue weighted by molar-refractivity contribution is 5.98. The molecule has 3 N–H and O–H groups in total. The standard InChI is InChI=1S/C11H15N3O/c1-11(3-4-11)7-14-10(15)8-6-13-5-2-9(8)12/h2,5-6H,3-4,7H2,1H3,(H2,12,13)(H,14,15). The fraction of sp³-hybridized carbons (Fsp3) is 0.455. The maximum Gasteiger partial charge on any atom is 0.254 e. The van der Waals surface area contributed by atoms with Crippen molar-refractivity contribution >= 4 is 11.6 Å². The molecule has 0 aliphatic heterocycles. The summed E-state index contributed by atoms with van der Waals surface area (Å²) in [5.41, 5.74) is 6.92. The molecule has 4 heteroatoms. The van der Waals surface area contributed by atoms with Crippen LogP contribution in [-0.4, -0.2) is 17.4 Å². The number of carbonyl (C=O) groups is 1. The van der Waals surface area contributed by atoms with Gasteiger partial charge in [0.05, 0.1) is 5.56 Å². The zero-order valence-corrected chi connectivity index (χ0v) is 8.79. The van der Waals surface area contributed by atoms with E-state index in [-0.39, 0.29) is 5.91 Å². The van der Waals surface area contributed by atoms with Gasteiger partial charge in [-0.05, 0) is 24.3 Å². The van der Waals surface area contributed by atoms with Gasteiger partial charge in [-0.3, -0.25) is 9.78 Å². The average molecular weight is 205 g/mol. The van der Waals surface area contributed by atoms with E-state index < -0.39 is 0 Å². The Hall–Kier alpha value is -1.58. The number of nitrogens with zero attached hydrogens (tertiary/aromatic N) is 1. The first-order valence-electron chi connectivity index (χ1n) is 5.08. The summed E-state index contributed by atoms with van der Waals surface area (Å²) < 4.78 is 0. The molecule has 0 spiro atoms. The maximum absolute atomic E-state index is 11.7. The van der Waals surface area contributed by atoms with Crippen molar-refractivity contribution in [1.82, 2.24) is 10.3 Å². The highest BCUT2D eigenvalue weighted by atomic mass is 16.1. The van der Waals surface area contributed by atoms with Crippen LogP contribution < -0.4 is 11.1 Å². The molecule has 0 atom stereocenters. The van der Waals surface area contributed by atoms with Crippen molar-refractivity contribution in [2.24, 2.45) is 5.41 Å². The first-order chi connectivity index (χ1) is 7.11. The van der Waals surface area contributed by atoms with Gasteiger partial charge in [-0.2, -0.15) is 0 Å². The normalized spacial score (nSPS) is 17.1. The number of nitrogen functional groups attached to an aromatic ring is 1. The molecule has 1 aromatic heterocycles. The molecule has 4 nitrogen and oxygen atoms in total. The molecule has 1 heterocycles. The number of amides is 1. The number of hydrogen-bond acceptors (Lipinski definition) is 3. The summed E-state index contributed by atoms with van der Waals surface area (Å²) >= 11 is 0. The summed E-state index contributed by atoms with van der Waals surface area (Å²) in [6.07, 6.45) is 5.46. The zero-order valence-electron chi connectivity index (χ0n) is 8.79. The number of carbonyl (C=O) groups excluding carboxylic acids is 1. The molecule has 0 saturated heterocycles. The number of aromatic nitrogens is 1. The second kappa shape index (κ2) is 3.53. The summed E-state index contributed by atoms with van der Waals surface area (Å²) in [6.45, 7) is 2.89. The van der Waals surface area contributed by atoms with Gasteiger partial charge in [0, 0.05) is 24.6 Å². The van der Waals surface area contributed by atoms with Crippen molar-refractivity contribution in [3.8, 4) is 0 Å². The van der Waals surface area contributed by atoms with Crippen LogP contribution in [0.1, 0.15) is 30.1 Å². The van der Waals surface area contributed by atoms with E-state index in [2.05, 4.69) is 17.2 Å². The molecule has 80 valence electrons. The topological polar surface area (TPSA) is 68.0 Å². The van der Waals surface area contributed by atoms with Crippen molar-refractivity contribution < 1.29 is 4.79 Å². The van der Waals surface area contributed by atoms with Crippen LogP contribution in [-0.2, 0) is 0 Å². The van der Waals surface area contributed by atoms with Crippen LogP contribution in [0, 0.1) is 5.41 Å². The number of hydrogen-bond donors (Lipinski definition) is 2. The molecular weight excluding hydrogens is 190 g/mol. The molecule has 0 bridgehead atoms. The van der Waals surface area contributed by atoms with Gasteiger partial charge in [-0.25, -0.2) is 0 Å². The predicted octanol–water partition coefficient (Wildman–Crippen LogP) is 1.19. The maximum atomic E-state index is 11.7. The van der Waals surface area contributed by atoms with Crippen LogP contribution in [0.3, 0.4) is 0 Å². The van der Waals surface area contributed by atoms with Crippen molar-refractivity contribution in [2.45, 2.75) is 19.8 Å². The first kappa shape index (κ1) is 9.96. The number of rotatable bonds is 3. The van der Waals surface area contributed by atoms with E-state index in [1.54, 1.807) is 12.3 Å². The Bertz CT molecular complexity index is 385. The molecule has 0 aromatic carbocycles. The SMILES string of the molecule is CC1(CNC(=O)c2cnccc2N)CC1. The van der Waals surface area contributed by atoms with Gasteiger partial charge in [-0.1, -0.05) is 6.92 Å². The van der Waals surface area contributed by atoms with E-state index in [1.807, 2.05) is 0 Å². The lowest BCUT2D eigenvalue weighted by Gasteiger charge is -2.10. The van der Waals surface area contributed by atoms with Gasteiger partial charge in [-0.15, -0.1) is 0 Å². The number of anilines is 1. The Kier molecular flexibility index (Phi) is 2.34. The van der Waals surface area contributed by atoms with Crippen LogP contribution in [0.2, 0.25) is 0 Å². The van der Waals surface area contributed by atoms with Gasteiger partial charge in [0.15, 0.2) is 0 Å². The molecule has 1 aliphatic carbocycles. The molecule has 1 saturated carbocycles. The third-order valence-corrected chi connectivity index (χ3v) is 2.88. The largest absolute Gasteiger partial charge is 0.398 e. The second-order valence-corrected chi connectivity index (χ2v) is 4.46. The van der Waals surface area contributed by atoms with E-state index in [1.165, 1.54) is 19.0 Å².